The molecule has 2 unspecified atom stereocenters. The highest BCUT2D eigenvalue weighted by atomic mass is 16.2. The second-order valence-corrected chi connectivity index (χ2v) is 4.01. The molecule has 2 nitrogen and oxygen atoms in total. The largest absolute Gasteiger partial charge is 0.346 e. The van der Waals surface area contributed by atoms with Gasteiger partial charge in [-0.15, -0.1) is 0 Å². The molecule has 0 heterocycles. The van der Waals surface area contributed by atoms with Crippen molar-refractivity contribution in [2.75, 3.05) is 13.6 Å². The highest BCUT2D eigenvalue weighted by Crippen LogP contribution is 2.15. The number of hydrogen-bond donors (Lipinski definition) is 0. The summed E-state index contributed by atoms with van der Waals surface area (Å²) in [6, 6.07) is 0. The Labute approximate surface area is 99.3 Å². The van der Waals surface area contributed by atoms with Crippen molar-refractivity contribution in [1.29, 1.82) is 0 Å². The first-order valence-electron chi connectivity index (χ1n) is 5.75. The topological polar surface area (TPSA) is 20.3 Å². The van der Waals surface area contributed by atoms with Crippen LogP contribution in [-0.2, 0) is 4.79 Å². The molecule has 0 rings (SSSR count). The molecule has 1 amide bonds. The monoisotopic (exact) mass is 221 g/mol. The van der Waals surface area contributed by atoms with E-state index in [2.05, 4.69) is 13.5 Å². The van der Waals surface area contributed by atoms with Crippen molar-refractivity contribution in [3.8, 4) is 0 Å². The summed E-state index contributed by atoms with van der Waals surface area (Å²) in [7, 11) is 1.84. The van der Waals surface area contributed by atoms with Gasteiger partial charge < -0.3 is 4.90 Å². The first-order valence-corrected chi connectivity index (χ1v) is 5.75. The van der Waals surface area contributed by atoms with Crippen molar-refractivity contribution >= 4 is 5.91 Å². The molecular formula is C14H23NO. The van der Waals surface area contributed by atoms with Gasteiger partial charge in [0.25, 0.3) is 0 Å². The lowest BCUT2D eigenvalue weighted by Gasteiger charge is -2.22. The van der Waals surface area contributed by atoms with Gasteiger partial charge in [-0.3, -0.25) is 4.79 Å². The Morgan fingerprint density at radius 3 is 2.44 bits per heavy atom. The van der Waals surface area contributed by atoms with Gasteiger partial charge in [-0.1, -0.05) is 50.8 Å². The summed E-state index contributed by atoms with van der Waals surface area (Å²) in [5.41, 5.74) is 0. The fraction of sp³-hybridized carbons (Fsp3) is 0.500. The highest BCUT2D eigenvalue weighted by molar-refractivity contribution is 5.78. The van der Waals surface area contributed by atoms with E-state index in [0.29, 0.717) is 0 Å². The van der Waals surface area contributed by atoms with Crippen molar-refractivity contribution in [3.05, 3.63) is 37.0 Å². The van der Waals surface area contributed by atoms with Crippen LogP contribution in [0.1, 0.15) is 20.8 Å². The van der Waals surface area contributed by atoms with E-state index in [1.165, 1.54) is 0 Å². The third-order valence-corrected chi connectivity index (χ3v) is 2.80. The number of carbonyl (C=O) groups excluding carboxylic acids is 1. The zero-order valence-electron chi connectivity index (χ0n) is 10.8. The SMILES string of the molecule is C=C/C=C\C=C/C(C)C(C)C(=O)N(C)CC. The van der Waals surface area contributed by atoms with Crippen molar-refractivity contribution in [1.82, 2.24) is 4.90 Å². The smallest absolute Gasteiger partial charge is 0.225 e. The van der Waals surface area contributed by atoms with E-state index in [4.69, 9.17) is 0 Å². The summed E-state index contributed by atoms with van der Waals surface area (Å²) in [5, 5.41) is 0. The van der Waals surface area contributed by atoms with Crippen LogP contribution < -0.4 is 0 Å². The average molecular weight is 221 g/mol. The third-order valence-electron chi connectivity index (χ3n) is 2.80. The van der Waals surface area contributed by atoms with Crippen molar-refractivity contribution in [2.45, 2.75) is 20.8 Å². The minimum Gasteiger partial charge on any atom is -0.346 e. The molecule has 0 bridgehead atoms. The van der Waals surface area contributed by atoms with Crippen LogP contribution >= 0.6 is 0 Å². The van der Waals surface area contributed by atoms with Crippen molar-refractivity contribution in [2.24, 2.45) is 11.8 Å². The summed E-state index contributed by atoms with van der Waals surface area (Å²) in [4.78, 5) is 13.6. The number of nitrogens with zero attached hydrogens (tertiary/aromatic N) is 1. The maximum atomic E-state index is 11.9. The second-order valence-electron chi connectivity index (χ2n) is 4.01. The Balaban J connectivity index is 4.32. The quantitative estimate of drug-likeness (QED) is 0.631. The van der Waals surface area contributed by atoms with Gasteiger partial charge >= 0.3 is 0 Å². The summed E-state index contributed by atoms with van der Waals surface area (Å²) < 4.78 is 0. The van der Waals surface area contributed by atoms with Gasteiger partial charge in [-0.2, -0.15) is 0 Å². The molecule has 0 aromatic heterocycles. The van der Waals surface area contributed by atoms with Crippen LogP contribution in [0.4, 0.5) is 0 Å². The van der Waals surface area contributed by atoms with Crippen LogP contribution in [0, 0.1) is 11.8 Å². The van der Waals surface area contributed by atoms with Crippen LogP contribution in [0.5, 0.6) is 0 Å². The molecule has 0 N–H and O–H groups in total. The normalized spacial score (nSPS) is 15.2. The van der Waals surface area contributed by atoms with Gasteiger partial charge in [0.2, 0.25) is 5.91 Å². The maximum Gasteiger partial charge on any atom is 0.225 e. The molecule has 0 spiro atoms. The molecule has 0 aliphatic rings. The van der Waals surface area contributed by atoms with Gasteiger partial charge in [0, 0.05) is 19.5 Å². The van der Waals surface area contributed by atoms with E-state index in [1.807, 2.05) is 45.2 Å². The molecule has 0 aliphatic carbocycles. The highest BCUT2D eigenvalue weighted by Gasteiger charge is 2.20. The Kier molecular flexibility index (Phi) is 7.27. The van der Waals surface area contributed by atoms with Gasteiger partial charge in [0.15, 0.2) is 0 Å². The van der Waals surface area contributed by atoms with E-state index in [9.17, 15) is 4.79 Å². The first kappa shape index (κ1) is 14.7. The number of rotatable bonds is 6. The number of allylic oxidation sites excluding steroid dienone is 5. The van der Waals surface area contributed by atoms with Crippen LogP contribution in [-0.4, -0.2) is 24.4 Å². The molecule has 0 saturated heterocycles. The van der Waals surface area contributed by atoms with Gasteiger partial charge in [0.1, 0.15) is 0 Å². The minimum atomic E-state index is 0.0262. The molecule has 0 saturated carbocycles. The fourth-order valence-corrected chi connectivity index (χ4v) is 1.28. The summed E-state index contributed by atoms with van der Waals surface area (Å²) in [6.45, 7) is 10.4. The van der Waals surface area contributed by atoms with Crippen LogP contribution in [0.25, 0.3) is 0 Å². The summed E-state index contributed by atoms with van der Waals surface area (Å²) >= 11 is 0. The Morgan fingerprint density at radius 1 is 1.31 bits per heavy atom. The van der Waals surface area contributed by atoms with E-state index in [0.717, 1.165) is 6.54 Å². The molecule has 0 radical (unpaired) electrons. The van der Waals surface area contributed by atoms with E-state index < -0.39 is 0 Å². The lowest BCUT2D eigenvalue weighted by atomic mass is 9.94. The number of carbonyl (C=O) groups is 1. The molecule has 0 aromatic carbocycles. The zero-order valence-corrected chi connectivity index (χ0v) is 10.8. The third kappa shape index (κ3) is 4.96. The standard InChI is InChI=1S/C14H23NO/c1-6-8-9-10-11-12(3)13(4)14(16)15(5)7-2/h6,8-13H,1,7H2,2-5H3/b9-8-,11-10-. The Morgan fingerprint density at radius 2 is 1.94 bits per heavy atom. The molecule has 2 heteroatoms. The van der Waals surface area contributed by atoms with Crippen molar-refractivity contribution < 1.29 is 4.79 Å². The lowest BCUT2D eigenvalue weighted by molar-refractivity contribution is -0.134. The molecular weight excluding hydrogens is 198 g/mol. The van der Waals surface area contributed by atoms with Crippen molar-refractivity contribution in [3.63, 3.8) is 0 Å². The molecule has 0 aromatic rings. The first-order chi connectivity index (χ1) is 7.54. The zero-order chi connectivity index (χ0) is 12.6. The van der Waals surface area contributed by atoms with E-state index in [-0.39, 0.29) is 17.7 Å². The van der Waals surface area contributed by atoms with Gasteiger partial charge in [0.05, 0.1) is 0 Å². The van der Waals surface area contributed by atoms with Crippen LogP contribution in [0.3, 0.4) is 0 Å². The van der Waals surface area contributed by atoms with Crippen LogP contribution in [0.2, 0.25) is 0 Å². The number of hydrogen-bond acceptors (Lipinski definition) is 1. The Bertz CT molecular complexity index is 278. The molecule has 2 atom stereocenters. The lowest BCUT2D eigenvalue weighted by Crippen LogP contribution is -2.33. The molecule has 0 fully saturated rings. The second kappa shape index (κ2) is 7.91. The average Bonchev–Trinajstić information content (AvgIpc) is 2.31. The predicted octanol–water partition coefficient (Wildman–Crippen LogP) is 3.04. The van der Waals surface area contributed by atoms with Crippen LogP contribution in [0.15, 0.2) is 37.0 Å². The minimum absolute atomic E-state index is 0.0262. The van der Waals surface area contributed by atoms with E-state index in [1.54, 1.807) is 11.0 Å². The molecule has 90 valence electrons. The van der Waals surface area contributed by atoms with Gasteiger partial charge in [-0.25, -0.2) is 0 Å². The maximum absolute atomic E-state index is 11.9. The number of amides is 1. The molecule has 0 aliphatic heterocycles. The van der Waals surface area contributed by atoms with E-state index >= 15 is 0 Å². The fourth-order valence-electron chi connectivity index (χ4n) is 1.28. The van der Waals surface area contributed by atoms with Gasteiger partial charge in [-0.05, 0) is 12.8 Å². The summed E-state index contributed by atoms with van der Waals surface area (Å²) in [5.74, 6) is 0.474. The predicted molar refractivity (Wildman–Crippen MR) is 70.1 cm³/mol. The molecule has 16 heavy (non-hydrogen) atoms. The summed E-state index contributed by atoms with van der Waals surface area (Å²) in [6.07, 6.45) is 9.53. The Hall–Kier alpha value is -1.31.